The zero-order valence-electron chi connectivity index (χ0n) is 18.2. The van der Waals surface area contributed by atoms with E-state index in [0.29, 0.717) is 17.5 Å². The second-order valence-corrected chi connectivity index (χ2v) is 8.58. The van der Waals surface area contributed by atoms with Crippen LogP contribution in [0.4, 0.5) is 0 Å². The van der Waals surface area contributed by atoms with Crippen molar-refractivity contribution in [1.29, 1.82) is 0 Å². The van der Waals surface area contributed by atoms with Crippen LogP contribution >= 0.6 is 0 Å². The molecular weight excluding hydrogens is 484 g/mol. The molecular formula is C23H20O13. The molecule has 8 N–H and O–H groups in total. The lowest BCUT2D eigenvalue weighted by Crippen LogP contribution is -2.69. The van der Waals surface area contributed by atoms with E-state index in [2.05, 4.69) is 0 Å². The van der Waals surface area contributed by atoms with Gasteiger partial charge in [0.25, 0.3) is 0 Å². The molecule has 2 aromatic carbocycles. The number of aryl methyl sites for hydroxylation is 1. The number of aliphatic hydroxyl groups excluding tert-OH is 2. The second-order valence-electron chi connectivity index (χ2n) is 8.58. The molecule has 0 radical (unpaired) electrons. The Balaban J connectivity index is 1.62. The molecule has 2 aliphatic rings. The Morgan fingerprint density at radius 1 is 1.03 bits per heavy atom. The van der Waals surface area contributed by atoms with Crippen LogP contribution in [0.15, 0.2) is 33.5 Å². The van der Waals surface area contributed by atoms with E-state index in [-0.39, 0.29) is 34.5 Å². The average molecular weight is 504 g/mol. The smallest absolute Gasteiger partial charge is 0.335 e. The molecule has 5 rings (SSSR count). The van der Waals surface area contributed by atoms with Crippen molar-refractivity contribution in [3.63, 3.8) is 0 Å². The number of aromatic hydroxyl groups is 3. The number of phenols is 3. The van der Waals surface area contributed by atoms with Gasteiger partial charge in [0.2, 0.25) is 17.8 Å². The van der Waals surface area contributed by atoms with Crippen LogP contribution in [-0.4, -0.2) is 77.2 Å². The van der Waals surface area contributed by atoms with Gasteiger partial charge >= 0.3 is 5.97 Å². The number of hydrogen-bond donors (Lipinski definition) is 8. The van der Waals surface area contributed by atoms with Gasteiger partial charge in [-0.05, 0) is 36.6 Å². The molecule has 13 heteroatoms. The molecule has 0 saturated carbocycles. The summed E-state index contributed by atoms with van der Waals surface area (Å²) in [6.45, 7) is 0. The summed E-state index contributed by atoms with van der Waals surface area (Å²) in [5, 5.41) is 79.6. The molecule has 1 aliphatic carbocycles. The van der Waals surface area contributed by atoms with Crippen molar-refractivity contribution in [1.82, 2.24) is 0 Å². The van der Waals surface area contributed by atoms with Crippen LogP contribution < -0.4 is 10.2 Å². The highest BCUT2D eigenvalue weighted by atomic mass is 16.7. The number of phenolic OH excluding ortho intramolecular Hbond substituents is 3. The fourth-order valence-corrected chi connectivity index (χ4v) is 4.44. The Kier molecular flexibility index (Phi) is 5.35. The maximum absolute atomic E-state index is 13.2. The molecule has 3 aromatic rings. The van der Waals surface area contributed by atoms with E-state index < -0.39 is 59.0 Å². The standard InChI is InChI=1S/C23H20O13/c24-8-2-4-9-7(5-8)1-3-10-14(25)13-11(34-17(9)10)6-12(15(26)16(13)27)35-22-20(29)23(32,33)19(28)18(36-22)21(30)31/h2,4-6,18-20,22,24,26-29,32-33H,1,3H2,(H,30,31)/t18-,19+,20-,22-/m0/s1. The molecule has 1 saturated heterocycles. The van der Waals surface area contributed by atoms with Crippen LogP contribution in [0.3, 0.4) is 0 Å². The quantitative estimate of drug-likeness (QED) is 0.163. The van der Waals surface area contributed by atoms with Gasteiger partial charge < -0.3 is 54.7 Å². The zero-order valence-corrected chi connectivity index (χ0v) is 18.2. The molecule has 13 nitrogen and oxygen atoms in total. The fraction of sp³-hybridized carbons (Fsp3) is 0.304. The molecule has 1 fully saturated rings. The molecule has 1 aliphatic heterocycles. The number of ether oxygens (including phenoxy) is 2. The van der Waals surface area contributed by atoms with E-state index in [1.54, 1.807) is 6.07 Å². The van der Waals surface area contributed by atoms with Crippen LogP contribution in [-0.2, 0) is 22.4 Å². The summed E-state index contributed by atoms with van der Waals surface area (Å²) in [6.07, 6.45) is -8.61. The van der Waals surface area contributed by atoms with Gasteiger partial charge in [-0.25, -0.2) is 4.79 Å². The van der Waals surface area contributed by atoms with Crippen molar-refractivity contribution in [2.45, 2.75) is 43.2 Å². The number of rotatable bonds is 3. The van der Waals surface area contributed by atoms with Gasteiger partial charge in [0.1, 0.15) is 28.6 Å². The highest BCUT2D eigenvalue weighted by Crippen LogP contribution is 2.44. The predicted molar refractivity (Wildman–Crippen MR) is 116 cm³/mol. The lowest BCUT2D eigenvalue weighted by molar-refractivity contribution is -0.369. The fourth-order valence-electron chi connectivity index (χ4n) is 4.44. The zero-order chi connectivity index (χ0) is 26.1. The Bertz CT molecular complexity index is 1460. The first kappa shape index (κ1) is 23.8. The molecule has 4 atom stereocenters. The van der Waals surface area contributed by atoms with Gasteiger partial charge in [-0.1, -0.05) is 0 Å². The number of fused-ring (bicyclic) bond motifs is 4. The van der Waals surface area contributed by atoms with Gasteiger partial charge in [0, 0.05) is 17.2 Å². The SMILES string of the molecule is O=C(O)[C@H]1O[C@H](Oc2cc3oc4c(c(=O)c3c(O)c2O)CCc2cc(O)ccc2-4)[C@H](O)C(O)(O)[C@@H]1O. The van der Waals surface area contributed by atoms with E-state index in [1.165, 1.54) is 12.1 Å². The first-order valence-electron chi connectivity index (χ1n) is 10.6. The summed E-state index contributed by atoms with van der Waals surface area (Å²) in [6, 6.07) is 5.46. The summed E-state index contributed by atoms with van der Waals surface area (Å²) in [7, 11) is 0. The Morgan fingerprint density at radius 2 is 1.75 bits per heavy atom. The van der Waals surface area contributed by atoms with Gasteiger partial charge in [-0.2, -0.15) is 0 Å². The third kappa shape index (κ3) is 3.44. The molecule has 0 unspecified atom stereocenters. The minimum atomic E-state index is -3.37. The van der Waals surface area contributed by atoms with Crippen molar-refractivity contribution in [3.05, 3.63) is 45.6 Å². The summed E-state index contributed by atoms with van der Waals surface area (Å²) >= 11 is 0. The van der Waals surface area contributed by atoms with Crippen LogP contribution in [0.1, 0.15) is 11.1 Å². The van der Waals surface area contributed by atoms with Crippen molar-refractivity contribution in [2.24, 2.45) is 0 Å². The van der Waals surface area contributed by atoms with Crippen molar-refractivity contribution in [3.8, 4) is 34.3 Å². The maximum atomic E-state index is 13.2. The number of hydrogen-bond acceptors (Lipinski definition) is 12. The van der Waals surface area contributed by atoms with Crippen molar-refractivity contribution in [2.75, 3.05) is 0 Å². The molecule has 1 aromatic heterocycles. The van der Waals surface area contributed by atoms with Crippen molar-refractivity contribution >= 4 is 16.9 Å². The predicted octanol–water partition coefficient (Wildman–Crippen LogP) is -0.734. The van der Waals surface area contributed by atoms with Crippen LogP contribution in [0, 0.1) is 0 Å². The third-order valence-electron chi connectivity index (χ3n) is 6.35. The van der Waals surface area contributed by atoms with Crippen molar-refractivity contribution < 1.29 is 59.5 Å². The van der Waals surface area contributed by atoms with Gasteiger partial charge in [0.05, 0.1) is 0 Å². The van der Waals surface area contributed by atoms with Gasteiger partial charge in [0.15, 0.2) is 29.1 Å². The van der Waals surface area contributed by atoms with Crippen LogP contribution in [0.25, 0.3) is 22.3 Å². The van der Waals surface area contributed by atoms with Crippen LogP contribution in [0.5, 0.6) is 23.0 Å². The van der Waals surface area contributed by atoms with E-state index in [9.17, 15) is 50.4 Å². The highest BCUT2D eigenvalue weighted by Gasteiger charge is 2.58. The maximum Gasteiger partial charge on any atom is 0.335 e. The molecule has 190 valence electrons. The Morgan fingerprint density at radius 3 is 2.44 bits per heavy atom. The van der Waals surface area contributed by atoms with Gasteiger partial charge in [-0.15, -0.1) is 0 Å². The average Bonchev–Trinajstić information content (AvgIpc) is 2.82. The first-order chi connectivity index (χ1) is 16.9. The number of carbonyl (C=O) groups is 1. The third-order valence-corrected chi connectivity index (χ3v) is 6.35. The van der Waals surface area contributed by atoms with E-state index in [0.717, 1.165) is 6.07 Å². The number of aliphatic hydroxyl groups is 4. The minimum Gasteiger partial charge on any atom is -0.508 e. The topological polar surface area (TPSA) is 228 Å². The lowest BCUT2D eigenvalue weighted by Gasteiger charge is -2.43. The van der Waals surface area contributed by atoms with E-state index >= 15 is 0 Å². The second kappa shape index (κ2) is 8.08. The molecule has 36 heavy (non-hydrogen) atoms. The molecule has 0 spiro atoms. The monoisotopic (exact) mass is 504 g/mol. The van der Waals surface area contributed by atoms with Gasteiger partial charge in [-0.3, -0.25) is 4.79 Å². The first-order valence-corrected chi connectivity index (χ1v) is 10.6. The van der Waals surface area contributed by atoms with E-state index in [1.807, 2.05) is 0 Å². The molecule has 0 bridgehead atoms. The largest absolute Gasteiger partial charge is 0.508 e. The van der Waals surface area contributed by atoms with Crippen LogP contribution in [0.2, 0.25) is 0 Å². The Hall–Kier alpha value is -3.88. The number of aliphatic carboxylic acids is 1. The van der Waals surface area contributed by atoms with E-state index in [4.69, 9.17) is 13.9 Å². The number of benzene rings is 2. The molecule has 2 heterocycles. The summed E-state index contributed by atoms with van der Waals surface area (Å²) < 4.78 is 16.1. The number of carboxylic acids is 1. The molecule has 0 amide bonds. The normalized spacial score (nSPS) is 24.7. The minimum absolute atomic E-state index is 0.0262. The summed E-state index contributed by atoms with van der Waals surface area (Å²) in [5.74, 6) is -7.58. The highest BCUT2D eigenvalue weighted by molar-refractivity contribution is 5.91. The number of carboxylic acid groups (broad SMARTS) is 1. The lowest BCUT2D eigenvalue weighted by atomic mass is 9.89. The summed E-state index contributed by atoms with van der Waals surface area (Å²) in [5.41, 5.74) is 0.585. The Labute approximate surface area is 200 Å². The summed E-state index contributed by atoms with van der Waals surface area (Å²) in [4.78, 5) is 24.5.